The molecule has 27 heavy (non-hydrogen) atoms. The second kappa shape index (κ2) is 8.19. The monoisotopic (exact) mass is 393 g/mol. The molecule has 3 rings (SSSR count). The maximum absolute atomic E-state index is 13.3. The lowest BCUT2D eigenvalue weighted by atomic mass is 10.0. The van der Waals surface area contributed by atoms with E-state index in [2.05, 4.69) is 25.7 Å². The van der Waals surface area contributed by atoms with Gasteiger partial charge in [0.2, 0.25) is 0 Å². The third-order valence-electron chi connectivity index (χ3n) is 5.77. The molecule has 0 bridgehead atoms. The first-order chi connectivity index (χ1) is 12.8. The van der Waals surface area contributed by atoms with E-state index in [1.165, 1.54) is 0 Å². The zero-order chi connectivity index (χ0) is 19.6. The van der Waals surface area contributed by atoms with Crippen LogP contribution in [0.3, 0.4) is 0 Å². The molecule has 2 saturated heterocycles. The quantitative estimate of drug-likeness (QED) is 0.782. The molecule has 7 heteroatoms. The van der Waals surface area contributed by atoms with Crippen molar-refractivity contribution in [1.82, 2.24) is 9.80 Å². The molecule has 0 N–H and O–H groups in total. The van der Waals surface area contributed by atoms with Crippen LogP contribution in [0.15, 0.2) is 24.3 Å². The first-order valence-corrected chi connectivity index (χ1v) is 11.7. The Kier molecular flexibility index (Phi) is 6.11. The molecule has 1 aromatic rings. The third-order valence-corrected chi connectivity index (χ3v) is 7.38. The van der Waals surface area contributed by atoms with Gasteiger partial charge in [0.1, 0.15) is 0 Å². The largest absolute Gasteiger partial charge is 0.369 e. The number of anilines is 1. The Morgan fingerprint density at radius 2 is 1.78 bits per heavy atom. The molecular formula is C20H31N3O3S. The zero-order valence-corrected chi connectivity index (χ0v) is 17.4. The van der Waals surface area contributed by atoms with Crippen LogP contribution in [-0.2, 0) is 9.84 Å². The molecule has 6 nitrogen and oxygen atoms in total. The summed E-state index contributed by atoms with van der Waals surface area (Å²) >= 11 is 0. The molecule has 2 aliphatic heterocycles. The van der Waals surface area contributed by atoms with Gasteiger partial charge in [-0.15, -0.1) is 0 Å². The van der Waals surface area contributed by atoms with Crippen molar-refractivity contribution in [3.05, 3.63) is 29.8 Å². The lowest BCUT2D eigenvalue weighted by Crippen LogP contribution is -2.56. The number of nitrogens with zero attached hydrogens (tertiary/aromatic N) is 3. The number of carbonyl (C=O) groups excluding carboxylic acids is 1. The van der Waals surface area contributed by atoms with Gasteiger partial charge in [0.25, 0.3) is 5.91 Å². The molecule has 2 heterocycles. The van der Waals surface area contributed by atoms with Gasteiger partial charge >= 0.3 is 0 Å². The maximum atomic E-state index is 13.3. The van der Waals surface area contributed by atoms with Crippen molar-refractivity contribution in [2.24, 2.45) is 0 Å². The molecule has 1 atom stereocenters. The molecule has 0 aliphatic carbocycles. The predicted molar refractivity (Wildman–Crippen MR) is 109 cm³/mol. The van der Waals surface area contributed by atoms with Crippen molar-refractivity contribution in [2.45, 2.75) is 39.3 Å². The Hall–Kier alpha value is -1.60. The summed E-state index contributed by atoms with van der Waals surface area (Å²) < 4.78 is 23.5. The summed E-state index contributed by atoms with van der Waals surface area (Å²) in [6.07, 6.45) is 1.02. The Bertz CT molecular complexity index is 764. The molecule has 2 fully saturated rings. The number of sulfone groups is 1. The van der Waals surface area contributed by atoms with Gasteiger partial charge in [0.15, 0.2) is 9.84 Å². The van der Waals surface area contributed by atoms with Crippen LogP contribution in [-0.4, -0.2) is 80.4 Å². The molecule has 0 aromatic heterocycles. The number of benzene rings is 1. The van der Waals surface area contributed by atoms with Crippen molar-refractivity contribution < 1.29 is 13.2 Å². The minimum Gasteiger partial charge on any atom is -0.369 e. The minimum atomic E-state index is -2.94. The molecule has 0 radical (unpaired) electrons. The molecule has 150 valence electrons. The second-order valence-electron chi connectivity index (χ2n) is 7.80. The van der Waals surface area contributed by atoms with Gasteiger partial charge in [-0.05, 0) is 32.4 Å². The smallest absolute Gasteiger partial charge is 0.256 e. The Morgan fingerprint density at radius 1 is 1.11 bits per heavy atom. The Morgan fingerprint density at radius 3 is 2.41 bits per heavy atom. The number of amides is 1. The summed E-state index contributed by atoms with van der Waals surface area (Å²) in [5.41, 5.74) is 1.54. The van der Waals surface area contributed by atoms with Crippen LogP contribution >= 0.6 is 0 Å². The first-order valence-electron chi connectivity index (χ1n) is 9.92. The average molecular weight is 394 g/mol. The zero-order valence-electron chi connectivity index (χ0n) is 16.6. The van der Waals surface area contributed by atoms with Crippen molar-refractivity contribution in [3.63, 3.8) is 0 Å². The number of para-hydroxylation sites is 1. The highest BCUT2D eigenvalue weighted by molar-refractivity contribution is 7.91. The minimum absolute atomic E-state index is 0.0564. The molecular weight excluding hydrogens is 362 g/mol. The second-order valence-corrected chi connectivity index (χ2v) is 10.1. The highest BCUT2D eigenvalue weighted by Gasteiger charge is 2.32. The Labute approximate surface area is 163 Å². The highest BCUT2D eigenvalue weighted by Crippen LogP contribution is 2.25. The van der Waals surface area contributed by atoms with E-state index < -0.39 is 9.84 Å². The number of carbonyl (C=O) groups is 1. The average Bonchev–Trinajstić information content (AvgIpc) is 2.67. The molecule has 0 saturated carbocycles. The summed E-state index contributed by atoms with van der Waals surface area (Å²) in [6.45, 7) is 9.87. The van der Waals surface area contributed by atoms with Crippen LogP contribution in [0.2, 0.25) is 0 Å². The van der Waals surface area contributed by atoms with E-state index in [0.29, 0.717) is 30.7 Å². The van der Waals surface area contributed by atoms with Crippen molar-refractivity contribution in [2.75, 3.05) is 49.1 Å². The van der Waals surface area contributed by atoms with Gasteiger partial charge in [-0.2, -0.15) is 0 Å². The molecule has 0 spiro atoms. The lowest BCUT2D eigenvalue weighted by molar-refractivity contribution is 0.0372. The van der Waals surface area contributed by atoms with Gasteiger partial charge in [-0.25, -0.2) is 8.42 Å². The van der Waals surface area contributed by atoms with Gasteiger partial charge in [-0.3, -0.25) is 9.69 Å². The first kappa shape index (κ1) is 20.1. The van der Waals surface area contributed by atoms with E-state index in [4.69, 9.17) is 0 Å². The summed E-state index contributed by atoms with van der Waals surface area (Å²) in [4.78, 5) is 19.8. The van der Waals surface area contributed by atoms with E-state index >= 15 is 0 Å². The van der Waals surface area contributed by atoms with E-state index in [-0.39, 0.29) is 17.4 Å². The molecule has 2 aliphatic rings. The summed E-state index contributed by atoms with van der Waals surface area (Å²) in [6, 6.07) is 8.48. The number of hydrogen-bond acceptors (Lipinski definition) is 5. The maximum Gasteiger partial charge on any atom is 0.256 e. The fourth-order valence-electron chi connectivity index (χ4n) is 4.15. The lowest BCUT2D eigenvalue weighted by Gasteiger charge is -2.43. The van der Waals surface area contributed by atoms with E-state index in [1.807, 2.05) is 34.1 Å². The fraction of sp³-hybridized carbons (Fsp3) is 0.650. The van der Waals surface area contributed by atoms with Crippen LogP contribution in [0.25, 0.3) is 0 Å². The van der Waals surface area contributed by atoms with Crippen molar-refractivity contribution in [1.29, 1.82) is 0 Å². The standard InChI is InChI=1S/C20H31N3O3S/c1-4-17-15-22(9-10-23(17)16(2)3)20(24)18-7-5-6-8-19(18)21-11-13-27(25,26)14-12-21/h5-8,16-17H,4,9-15H2,1-3H3/t17-/m1/s1. The summed E-state index contributed by atoms with van der Waals surface area (Å²) in [5, 5.41) is 0. The van der Waals surface area contributed by atoms with Crippen LogP contribution in [0, 0.1) is 0 Å². The van der Waals surface area contributed by atoms with Crippen molar-refractivity contribution >= 4 is 21.4 Å². The number of rotatable bonds is 4. The summed E-state index contributed by atoms with van der Waals surface area (Å²) in [5.74, 6) is 0.363. The fourth-order valence-corrected chi connectivity index (χ4v) is 5.35. The number of piperazine rings is 1. The third kappa shape index (κ3) is 4.46. The van der Waals surface area contributed by atoms with Crippen LogP contribution < -0.4 is 4.90 Å². The SMILES string of the molecule is CC[C@@H]1CN(C(=O)c2ccccc2N2CCS(=O)(=O)CC2)CCN1C(C)C. The van der Waals surface area contributed by atoms with Crippen LogP contribution in [0.4, 0.5) is 5.69 Å². The van der Waals surface area contributed by atoms with Crippen LogP contribution in [0.5, 0.6) is 0 Å². The number of hydrogen-bond donors (Lipinski definition) is 0. The van der Waals surface area contributed by atoms with E-state index in [1.54, 1.807) is 0 Å². The van der Waals surface area contributed by atoms with E-state index in [9.17, 15) is 13.2 Å². The van der Waals surface area contributed by atoms with E-state index in [0.717, 1.165) is 31.7 Å². The molecule has 1 amide bonds. The normalized spacial score (nSPS) is 23.6. The Balaban J connectivity index is 1.78. The van der Waals surface area contributed by atoms with Crippen molar-refractivity contribution in [3.8, 4) is 0 Å². The van der Waals surface area contributed by atoms with Gasteiger partial charge in [0, 0.05) is 50.5 Å². The topological polar surface area (TPSA) is 60.9 Å². The summed E-state index contributed by atoms with van der Waals surface area (Å²) in [7, 11) is -2.94. The van der Waals surface area contributed by atoms with Crippen LogP contribution in [0.1, 0.15) is 37.6 Å². The van der Waals surface area contributed by atoms with Gasteiger partial charge in [-0.1, -0.05) is 19.1 Å². The highest BCUT2D eigenvalue weighted by atomic mass is 32.2. The van der Waals surface area contributed by atoms with Gasteiger partial charge in [0.05, 0.1) is 17.1 Å². The van der Waals surface area contributed by atoms with Gasteiger partial charge < -0.3 is 9.80 Å². The molecule has 0 unspecified atom stereocenters. The predicted octanol–water partition coefficient (Wildman–Crippen LogP) is 1.87. The molecule has 1 aromatic carbocycles.